The van der Waals surface area contributed by atoms with Crippen LogP contribution in [0.4, 0.5) is 0 Å². The smallest absolute Gasteiger partial charge is 0.234 e. The Morgan fingerprint density at radius 1 is 1.33 bits per heavy atom. The molecule has 1 aromatic carbocycles. The van der Waals surface area contributed by atoms with Crippen molar-refractivity contribution in [3.63, 3.8) is 0 Å². The first-order valence-electron chi connectivity index (χ1n) is 8.16. The van der Waals surface area contributed by atoms with E-state index in [4.69, 9.17) is 9.47 Å². The fourth-order valence-corrected chi connectivity index (χ4v) is 4.23. The van der Waals surface area contributed by atoms with E-state index in [1.54, 1.807) is 0 Å². The lowest BCUT2D eigenvalue weighted by Crippen LogP contribution is -2.41. The molecule has 24 heavy (non-hydrogen) atoms. The minimum atomic E-state index is 0.0539. The van der Waals surface area contributed by atoms with Gasteiger partial charge in [0.25, 0.3) is 0 Å². The molecule has 0 fully saturated rings. The molecule has 0 spiro atoms. The summed E-state index contributed by atoms with van der Waals surface area (Å²) in [5, 5.41) is 5.14. The molecular formula is C18H20N2O3S. The van der Waals surface area contributed by atoms with Crippen LogP contribution in [0.2, 0.25) is 0 Å². The van der Waals surface area contributed by atoms with Crippen molar-refractivity contribution in [1.82, 2.24) is 10.2 Å². The normalized spacial score (nSPS) is 19.1. The van der Waals surface area contributed by atoms with Gasteiger partial charge in [-0.2, -0.15) is 0 Å². The van der Waals surface area contributed by atoms with E-state index >= 15 is 0 Å². The highest BCUT2D eigenvalue weighted by Crippen LogP contribution is 2.33. The summed E-state index contributed by atoms with van der Waals surface area (Å²) in [6.45, 7) is 4.31. The van der Waals surface area contributed by atoms with Crippen molar-refractivity contribution < 1.29 is 14.3 Å². The molecular weight excluding hydrogens is 324 g/mol. The van der Waals surface area contributed by atoms with Gasteiger partial charge < -0.3 is 14.8 Å². The van der Waals surface area contributed by atoms with Crippen LogP contribution in [0.15, 0.2) is 29.6 Å². The molecule has 0 radical (unpaired) electrons. The molecule has 2 aliphatic rings. The number of benzene rings is 1. The minimum Gasteiger partial charge on any atom is -0.454 e. The highest BCUT2D eigenvalue weighted by Gasteiger charge is 2.26. The van der Waals surface area contributed by atoms with Crippen molar-refractivity contribution in [3.05, 3.63) is 45.6 Å². The van der Waals surface area contributed by atoms with E-state index in [1.165, 1.54) is 10.4 Å². The van der Waals surface area contributed by atoms with Crippen molar-refractivity contribution in [1.29, 1.82) is 0 Å². The largest absolute Gasteiger partial charge is 0.454 e. The van der Waals surface area contributed by atoms with Gasteiger partial charge in [0, 0.05) is 24.0 Å². The topological polar surface area (TPSA) is 50.8 Å². The summed E-state index contributed by atoms with van der Waals surface area (Å²) in [4.78, 5) is 16.0. The fraction of sp³-hybridized carbons (Fsp3) is 0.389. The average Bonchev–Trinajstić information content (AvgIpc) is 3.24. The lowest BCUT2D eigenvalue weighted by atomic mass is 10.0. The zero-order valence-corrected chi connectivity index (χ0v) is 14.4. The van der Waals surface area contributed by atoms with Gasteiger partial charge in [0.2, 0.25) is 12.7 Å². The maximum absolute atomic E-state index is 12.3. The van der Waals surface area contributed by atoms with Crippen LogP contribution in [-0.2, 0) is 17.8 Å². The number of amides is 1. The molecule has 0 aliphatic carbocycles. The van der Waals surface area contributed by atoms with Crippen LogP contribution in [0.3, 0.4) is 0 Å². The number of carbonyl (C=O) groups is 1. The minimum absolute atomic E-state index is 0.0539. The molecule has 0 saturated carbocycles. The van der Waals surface area contributed by atoms with E-state index in [0.29, 0.717) is 19.1 Å². The summed E-state index contributed by atoms with van der Waals surface area (Å²) in [5.74, 6) is 1.56. The molecule has 1 aromatic heterocycles. The molecule has 3 heterocycles. The van der Waals surface area contributed by atoms with Crippen LogP contribution in [-0.4, -0.2) is 30.7 Å². The predicted octanol–water partition coefficient (Wildman–Crippen LogP) is 2.71. The van der Waals surface area contributed by atoms with E-state index < -0.39 is 0 Å². The Morgan fingerprint density at radius 2 is 2.21 bits per heavy atom. The third kappa shape index (κ3) is 2.99. The average molecular weight is 344 g/mol. The van der Waals surface area contributed by atoms with Crippen molar-refractivity contribution in [2.45, 2.75) is 25.9 Å². The van der Waals surface area contributed by atoms with Gasteiger partial charge >= 0.3 is 0 Å². The second kappa shape index (κ2) is 6.45. The second-order valence-electron chi connectivity index (χ2n) is 6.16. The van der Waals surface area contributed by atoms with Crippen LogP contribution in [0.1, 0.15) is 29.0 Å². The highest BCUT2D eigenvalue weighted by atomic mass is 32.1. The van der Waals surface area contributed by atoms with E-state index in [0.717, 1.165) is 30.0 Å². The zero-order valence-electron chi connectivity index (χ0n) is 13.6. The lowest BCUT2D eigenvalue weighted by Gasteiger charge is -2.32. The molecule has 0 bridgehead atoms. The number of thiophene rings is 1. The summed E-state index contributed by atoms with van der Waals surface area (Å²) < 4.78 is 10.7. The molecule has 1 amide bonds. The number of rotatable bonds is 4. The van der Waals surface area contributed by atoms with Gasteiger partial charge in [0.05, 0.1) is 6.54 Å². The highest BCUT2D eigenvalue weighted by molar-refractivity contribution is 7.10. The maximum Gasteiger partial charge on any atom is 0.234 e. The van der Waals surface area contributed by atoms with Crippen LogP contribution < -0.4 is 14.8 Å². The first kappa shape index (κ1) is 15.5. The van der Waals surface area contributed by atoms with Gasteiger partial charge in [-0.15, -0.1) is 11.3 Å². The number of fused-ring (bicyclic) bond motifs is 2. The number of hydrogen-bond donors (Lipinski definition) is 1. The molecule has 0 saturated heterocycles. The maximum atomic E-state index is 12.3. The molecule has 6 heteroatoms. The number of nitrogens with one attached hydrogen (secondary N) is 1. The lowest BCUT2D eigenvalue weighted by molar-refractivity contribution is -0.123. The fourth-order valence-electron chi connectivity index (χ4n) is 3.27. The Kier molecular flexibility index (Phi) is 4.16. The number of carbonyl (C=O) groups excluding carboxylic acids is 1. The predicted molar refractivity (Wildman–Crippen MR) is 92.4 cm³/mol. The summed E-state index contributed by atoms with van der Waals surface area (Å²) in [7, 11) is 0. The van der Waals surface area contributed by atoms with Gasteiger partial charge in [-0.25, -0.2) is 0 Å². The monoisotopic (exact) mass is 344 g/mol. The SMILES string of the molecule is C[C@@H]1c2ccsc2CCN1CC(=O)NCc1ccc2c(c1)OCO2. The van der Waals surface area contributed by atoms with Gasteiger partial charge in [-0.3, -0.25) is 9.69 Å². The third-order valence-electron chi connectivity index (χ3n) is 4.68. The van der Waals surface area contributed by atoms with E-state index in [9.17, 15) is 4.79 Å². The van der Waals surface area contributed by atoms with Crippen LogP contribution in [0.5, 0.6) is 11.5 Å². The molecule has 4 rings (SSSR count). The number of nitrogens with zero attached hydrogens (tertiary/aromatic N) is 1. The Bertz CT molecular complexity index is 758. The van der Waals surface area contributed by atoms with Crippen LogP contribution in [0, 0.1) is 0 Å². The van der Waals surface area contributed by atoms with E-state index in [-0.39, 0.29) is 12.7 Å². The first-order valence-corrected chi connectivity index (χ1v) is 9.04. The molecule has 126 valence electrons. The van der Waals surface area contributed by atoms with Gasteiger partial charge in [0.1, 0.15) is 0 Å². The van der Waals surface area contributed by atoms with Gasteiger partial charge in [-0.1, -0.05) is 6.07 Å². The second-order valence-corrected chi connectivity index (χ2v) is 7.16. The van der Waals surface area contributed by atoms with Gasteiger partial charge in [-0.05, 0) is 48.1 Å². The van der Waals surface area contributed by atoms with E-state index in [1.807, 2.05) is 29.5 Å². The Hall–Kier alpha value is -2.05. The summed E-state index contributed by atoms with van der Waals surface area (Å²) in [6, 6.07) is 8.24. The summed E-state index contributed by atoms with van der Waals surface area (Å²) in [6.07, 6.45) is 1.03. The van der Waals surface area contributed by atoms with Crippen LogP contribution >= 0.6 is 11.3 Å². The Labute approximate surface area is 145 Å². The zero-order chi connectivity index (χ0) is 16.5. The first-order chi connectivity index (χ1) is 11.7. The van der Waals surface area contributed by atoms with Crippen molar-refractivity contribution in [3.8, 4) is 11.5 Å². The third-order valence-corrected chi connectivity index (χ3v) is 5.67. The Balaban J connectivity index is 1.32. The quantitative estimate of drug-likeness (QED) is 0.927. The van der Waals surface area contributed by atoms with Crippen molar-refractivity contribution in [2.75, 3.05) is 19.9 Å². The molecule has 2 aliphatic heterocycles. The van der Waals surface area contributed by atoms with Crippen LogP contribution in [0.25, 0.3) is 0 Å². The standard InChI is InChI=1S/C18H20N2O3S/c1-12-14-5-7-24-17(14)4-6-20(12)10-18(21)19-9-13-2-3-15-16(8-13)23-11-22-15/h2-3,5,7-8,12H,4,6,9-11H2,1H3,(H,19,21)/t12-/m1/s1. The summed E-state index contributed by atoms with van der Waals surface area (Å²) >= 11 is 1.82. The van der Waals surface area contributed by atoms with Gasteiger partial charge in [0.15, 0.2) is 11.5 Å². The molecule has 5 nitrogen and oxygen atoms in total. The van der Waals surface area contributed by atoms with Crippen molar-refractivity contribution in [2.24, 2.45) is 0 Å². The number of ether oxygens (including phenoxy) is 2. The van der Waals surface area contributed by atoms with Crippen molar-refractivity contribution >= 4 is 17.2 Å². The molecule has 2 aromatic rings. The molecule has 0 unspecified atom stereocenters. The molecule has 1 atom stereocenters. The number of hydrogen-bond acceptors (Lipinski definition) is 5. The molecule has 1 N–H and O–H groups in total. The summed E-state index contributed by atoms with van der Waals surface area (Å²) in [5.41, 5.74) is 2.38. The Morgan fingerprint density at radius 3 is 3.12 bits per heavy atom. The van der Waals surface area contributed by atoms with E-state index in [2.05, 4.69) is 28.6 Å².